The first-order chi connectivity index (χ1) is 17.4. The van der Waals surface area contributed by atoms with E-state index in [1.165, 1.54) is 0 Å². The molecule has 36 heavy (non-hydrogen) atoms. The molecule has 1 aromatic heterocycles. The highest BCUT2D eigenvalue weighted by Crippen LogP contribution is 2.26. The monoisotopic (exact) mass is 482 g/mol. The zero-order chi connectivity index (χ0) is 25.2. The lowest BCUT2D eigenvalue weighted by Gasteiger charge is -2.32. The zero-order valence-corrected chi connectivity index (χ0v) is 20.0. The van der Waals surface area contributed by atoms with Crippen molar-refractivity contribution in [2.45, 2.75) is 25.4 Å². The van der Waals surface area contributed by atoms with Gasteiger partial charge in [-0.3, -0.25) is 15.0 Å². The predicted octanol–water partition coefficient (Wildman–Crippen LogP) is 2.81. The van der Waals surface area contributed by atoms with Gasteiger partial charge in [0.15, 0.2) is 0 Å². The lowest BCUT2D eigenvalue weighted by Crippen LogP contribution is -2.48. The molecular weight excluding hydrogens is 452 g/mol. The number of nitrogen functional groups attached to an aromatic ring is 1. The van der Waals surface area contributed by atoms with E-state index in [4.69, 9.17) is 16.9 Å². The molecule has 1 saturated heterocycles. The summed E-state index contributed by atoms with van der Waals surface area (Å²) in [6.45, 7) is 1.68. The number of aromatic nitrogens is 1. The summed E-state index contributed by atoms with van der Waals surface area (Å²) in [4.78, 5) is 27.2. The van der Waals surface area contributed by atoms with Gasteiger partial charge >= 0.3 is 0 Å². The number of nitrogens with two attached hydrogens (primary N) is 2. The van der Waals surface area contributed by atoms with Crippen LogP contribution in [0.15, 0.2) is 66.7 Å². The van der Waals surface area contributed by atoms with E-state index in [0.717, 1.165) is 27.2 Å². The normalized spacial score (nSPS) is 14.3. The van der Waals surface area contributed by atoms with Gasteiger partial charge in [0.25, 0.3) is 5.91 Å². The number of carbonyl (C=O) groups excluding carboxylic acids is 2. The minimum absolute atomic E-state index is 0.00749. The molecule has 0 spiro atoms. The summed E-state index contributed by atoms with van der Waals surface area (Å²) in [5.41, 5.74) is 14.4. The van der Waals surface area contributed by atoms with Crippen LogP contribution in [-0.4, -0.2) is 52.8 Å². The van der Waals surface area contributed by atoms with Gasteiger partial charge in [-0.25, -0.2) is 0 Å². The van der Waals surface area contributed by atoms with Crippen LogP contribution in [0.3, 0.4) is 0 Å². The van der Waals surface area contributed by atoms with E-state index in [2.05, 4.69) is 29.6 Å². The fraction of sp³-hybridized carbons (Fsp3) is 0.250. The Hall–Kier alpha value is -4.17. The number of amidine groups is 1. The van der Waals surface area contributed by atoms with Crippen LogP contribution in [0.25, 0.3) is 21.7 Å². The van der Waals surface area contributed by atoms with E-state index >= 15 is 0 Å². The fourth-order valence-corrected chi connectivity index (χ4v) is 5.04. The number of amides is 2. The Morgan fingerprint density at radius 3 is 2.47 bits per heavy atom. The highest BCUT2D eigenvalue weighted by atomic mass is 16.2. The molecule has 8 heteroatoms. The summed E-state index contributed by atoms with van der Waals surface area (Å²) < 4.78 is 2.01. The molecule has 1 aliphatic rings. The summed E-state index contributed by atoms with van der Waals surface area (Å²) in [6.07, 6.45) is 1.38. The number of hydrogen-bond acceptors (Lipinski definition) is 4. The molecule has 4 aromatic rings. The Morgan fingerprint density at radius 2 is 1.72 bits per heavy atom. The van der Waals surface area contributed by atoms with Crippen molar-refractivity contribution in [3.63, 3.8) is 0 Å². The number of carbonyl (C=O) groups is 2. The van der Waals surface area contributed by atoms with Gasteiger partial charge in [0.2, 0.25) is 5.91 Å². The standard InChI is InChI=1S/C28H30N6O2/c29-16-26(35)33-12-10-22(11-13-33)32-28(36)25-14-19-8-9-20(27(30)31)15-24(19)34(25)17-21-6-3-5-18-4-1-2-7-23(18)21/h1-9,14-15,22H,10-13,16-17,29H2,(H3,30,31)(H,32,36). The minimum atomic E-state index is -0.153. The molecule has 0 aliphatic carbocycles. The maximum Gasteiger partial charge on any atom is 0.268 e. The van der Waals surface area contributed by atoms with Gasteiger partial charge in [-0.1, -0.05) is 54.6 Å². The van der Waals surface area contributed by atoms with Gasteiger partial charge in [-0.15, -0.1) is 0 Å². The van der Waals surface area contributed by atoms with Crippen molar-refractivity contribution < 1.29 is 9.59 Å². The first-order valence-corrected chi connectivity index (χ1v) is 12.2. The summed E-state index contributed by atoms with van der Waals surface area (Å²) in [6, 6.07) is 21.8. The molecule has 0 unspecified atom stereocenters. The van der Waals surface area contributed by atoms with Crippen LogP contribution in [0.2, 0.25) is 0 Å². The number of likely N-dealkylation sites (tertiary alicyclic amines) is 1. The summed E-state index contributed by atoms with van der Waals surface area (Å²) in [5.74, 6) is -0.227. The third-order valence-electron chi connectivity index (χ3n) is 7.01. The van der Waals surface area contributed by atoms with Crippen LogP contribution in [0.1, 0.15) is 34.5 Å². The highest BCUT2D eigenvalue weighted by Gasteiger charge is 2.25. The molecule has 5 rings (SSSR count). The van der Waals surface area contributed by atoms with Crippen LogP contribution in [0.4, 0.5) is 0 Å². The summed E-state index contributed by atoms with van der Waals surface area (Å²) in [7, 11) is 0. The van der Waals surface area contributed by atoms with E-state index in [1.807, 2.05) is 41.0 Å². The molecule has 1 fully saturated rings. The van der Waals surface area contributed by atoms with Gasteiger partial charge in [0.05, 0.1) is 6.54 Å². The lowest BCUT2D eigenvalue weighted by atomic mass is 10.0. The first-order valence-electron chi connectivity index (χ1n) is 12.2. The van der Waals surface area contributed by atoms with E-state index in [1.54, 1.807) is 11.0 Å². The maximum atomic E-state index is 13.5. The second-order valence-electron chi connectivity index (χ2n) is 9.27. The Balaban J connectivity index is 1.49. The maximum absolute atomic E-state index is 13.5. The Labute approximate surface area is 209 Å². The molecule has 1 aliphatic heterocycles. The topological polar surface area (TPSA) is 130 Å². The summed E-state index contributed by atoms with van der Waals surface area (Å²) in [5, 5.41) is 14.2. The third-order valence-corrected chi connectivity index (χ3v) is 7.01. The molecule has 0 atom stereocenters. The van der Waals surface area contributed by atoms with Crippen molar-refractivity contribution in [1.82, 2.24) is 14.8 Å². The number of nitrogens with one attached hydrogen (secondary N) is 2. The van der Waals surface area contributed by atoms with Gasteiger partial charge in [-0.05, 0) is 41.3 Å². The van der Waals surface area contributed by atoms with E-state index < -0.39 is 0 Å². The quantitative estimate of drug-likeness (QED) is 0.249. The second kappa shape index (κ2) is 9.83. The van der Waals surface area contributed by atoms with Crippen LogP contribution in [-0.2, 0) is 11.3 Å². The minimum Gasteiger partial charge on any atom is -0.384 e. The Kier molecular flexibility index (Phi) is 6.43. The molecule has 3 aromatic carbocycles. The van der Waals surface area contributed by atoms with E-state index in [0.29, 0.717) is 43.7 Å². The lowest BCUT2D eigenvalue weighted by molar-refractivity contribution is -0.130. The van der Waals surface area contributed by atoms with E-state index in [-0.39, 0.29) is 30.2 Å². The molecule has 8 nitrogen and oxygen atoms in total. The van der Waals surface area contributed by atoms with E-state index in [9.17, 15) is 9.59 Å². The molecule has 2 heterocycles. The van der Waals surface area contributed by atoms with Gasteiger partial charge in [-0.2, -0.15) is 0 Å². The van der Waals surface area contributed by atoms with Crippen molar-refractivity contribution >= 4 is 39.3 Å². The van der Waals surface area contributed by atoms with Crippen LogP contribution in [0.5, 0.6) is 0 Å². The van der Waals surface area contributed by atoms with Crippen molar-refractivity contribution in [1.29, 1.82) is 5.41 Å². The Morgan fingerprint density at radius 1 is 0.972 bits per heavy atom. The first kappa shape index (κ1) is 23.6. The second-order valence-corrected chi connectivity index (χ2v) is 9.27. The number of fused-ring (bicyclic) bond motifs is 2. The highest BCUT2D eigenvalue weighted by molar-refractivity contribution is 6.02. The molecule has 184 valence electrons. The van der Waals surface area contributed by atoms with Gasteiger partial charge in [0, 0.05) is 42.1 Å². The number of piperidine rings is 1. The van der Waals surface area contributed by atoms with Crippen molar-refractivity contribution in [3.05, 3.63) is 83.6 Å². The summed E-state index contributed by atoms with van der Waals surface area (Å²) >= 11 is 0. The smallest absolute Gasteiger partial charge is 0.268 e. The number of nitrogens with zero attached hydrogens (tertiary/aromatic N) is 2. The fourth-order valence-electron chi connectivity index (χ4n) is 5.04. The molecule has 6 N–H and O–H groups in total. The molecular formula is C28H30N6O2. The predicted molar refractivity (Wildman–Crippen MR) is 142 cm³/mol. The average Bonchev–Trinajstić information content (AvgIpc) is 3.26. The number of hydrogen-bond donors (Lipinski definition) is 4. The zero-order valence-electron chi connectivity index (χ0n) is 20.0. The molecule has 2 amide bonds. The van der Waals surface area contributed by atoms with Crippen molar-refractivity contribution in [3.8, 4) is 0 Å². The van der Waals surface area contributed by atoms with Crippen molar-refractivity contribution in [2.75, 3.05) is 19.6 Å². The van der Waals surface area contributed by atoms with Gasteiger partial charge in [0.1, 0.15) is 11.5 Å². The molecule has 0 bridgehead atoms. The average molecular weight is 483 g/mol. The van der Waals surface area contributed by atoms with Gasteiger partial charge < -0.3 is 26.3 Å². The van der Waals surface area contributed by atoms with Crippen LogP contribution >= 0.6 is 0 Å². The third kappa shape index (κ3) is 4.55. The Bertz CT molecular complexity index is 1460. The van der Waals surface area contributed by atoms with Crippen LogP contribution < -0.4 is 16.8 Å². The largest absolute Gasteiger partial charge is 0.384 e. The van der Waals surface area contributed by atoms with Crippen molar-refractivity contribution in [2.24, 2.45) is 11.5 Å². The number of rotatable bonds is 6. The van der Waals surface area contributed by atoms with Crippen LogP contribution in [0, 0.1) is 5.41 Å². The number of benzene rings is 3. The molecule has 0 radical (unpaired) electrons. The molecule has 0 saturated carbocycles. The SMILES string of the molecule is N=C(N)c1ccc2cc(C(=O)NC3CCN(C(=O)CN)CC3)n(Cc3cccc4ccccc34)c2c1.